The Balaban J connectivity index is 1.95. The number of nitrogens with zero attached hydrogens (tertiary/aromatic N) is 3. The van der Waals surface area contributed by atoms with Gasteiger partial charge in [0, 0.05) is 32.4 Å². The van der Waals surface area contributed by atoms with E-state index in [1.165, 1.54) is 0 Å². The van der Waals surface area contributed by atoms with Gasteiger partial charge in [-0.15, -0.1) is 0 Å². The predicted molar refractivity (Wildman–Crippen MR) is 88.6 cm³/mol. The second kappa shape index (κ2) is 5.81. The zero-order chi connectivity index (χ0) is 16.7. The van der Waals surface area contributed by atoms with Crippen molar-refractivity contribution in [2.75, 3.05) is 20.1 Å². The highest BCUT2D eigenvalue weighted by Gasteiger charge is 2.25. The molecule has 0 aliphatic carbocycles. The van der Waals surface area contributed by atoms with Gasteiger partial charge in [0.1, 0.15) is 0 Å². The molecule has 1 amide bonds. The second-order valence-electron chi connectivity index (χ2n) is 6.33. The van der Waals surface area contributed by atoms with Crippen molar-refractivity contribution in [1.82, 2.24) is 25.0 Å². The van der Waals surface area contributed by atoms with Crippen molar-refractivity contribution < 1.29 is 4.79 Å². The molecule has 1 fully saturated rings. The van der Waals surface area contributed by atoms with Crippen LogP contribution >= 0.6 is 0 Å². The molecule has 1 aliphatic heterocycles. The number of amides is 1. The van der Waals surface area contributed by atoms with Crippen LogP contribution in [-0.4, -0.2) is 51.8 Å². The number of aromatic amines is 1. The standard InChI is InChI=1S/C16H23N5O2/c1-9-12(7-13(22)20(3)11-5-6-17-8-11)10(2)18-15-14(9)16(23)19-21(15)4/h11,17H,5-8H2,1-4H3,(H,19,23). The fourth-order valence-corrected chi connectivity index (χ4v) is 3.36. The third kappa shape index (κ3) is 2.65. The summed E-state index contributed by atoms with van der Waals surface area (Å²) in [4.78, 5) is 31.0. The van der Waals surface area contributed by atoms with E-state index in [9.17, 15) is 9.59 Å². The highest BCUT2D eigenvalue weighted by Crippen LogP contribution is 2.21. The quantitative estimate of drug-likeness (QED) is 0.849. The lowest BCUT2D eigenvalue weighted by atomic mass is 10.0. The minimum absolute atomic E-state index is 0.0680. The third-order valence-electron chi connectivity index (χ3n) is 4.88. The smallest absolute Gasteiger partial charge is 0.273 e. The molecule has 23 heavy (non-hydrogen) atoms. The normalized spacial score (nSPS) is 17.8. The van der Waals surface area contributed by atoms with Crippen LogP contribution in [0.15, 0.2) is 4.79 Å². The van der Waals surface area contributed by atoms with E-state index < -0.39 is 0 Å². The van der Waals surface area contributed by atoms with Crippen LogP contribution < -0.4 is 10.9 Å². The van der Waals surface area contributed by atoms with Crippen molar-refractivity contribution in [1.29, 1.82) is 0 Å². The molecule has 1 aliphatic rings. The molecule has 7 heteroatoms. The first kappa shape index (κ1) is 15.7. The number of nitrogens with one attached hydrogen (secondary N) is 2. The maximum Gasteiger partial charge on any atom is 0.273 e. The number of likely N-dealkylation sites (N-methyl/N-ethyl adjacent to an activating group) is 1. The Kier molecular flexibility index (Phi) is 3.97. The average molecular weight is 317 g/mol. The topological polar surface area (TPSA) is 83.0 Å². The Morgan fingerprint density at radius 2 is 2.17 bits per heavy atom. The Labute approximate surface area is 134 Å². The number of aryl methyl sites for hydroxylation is 3. The van der Waals surface area contributed by atoms with Crippen LogP contribution in [0, 0.1) is 13.8 Å². The molecule has 0 bridgehead atoms. The summed E-state index contributed by atoms with van der Waals surface area (Å²) < 4.78 is 1.62. The van der Waals surface area contributed by atoms with Gasteiger partial charge in [0.05, 0.1) is 11.8 Å². The molecule has 2 N–H and O–H groups in total. The molecule has 1 unspecified atom stereocenters. The summed E-state index contributed by atoms with van der Waals surface area (Å²) in [5.74, 6) is 0.0680. The molecule has 124 valence electrons. The van der Waals surface area contributed by atoms with Crippen molar-refractivity contribution >= 4 is 16.9 Å². The van der Waals surface area contributed by atoms with E-state index in [0.29, 0.717) is 11.0 Å². The van der Waals surface area contributed by atoms with Gasteiger partial charge in [0.2, 0.25) is 5.91 Å². The van der Waals surface area contributed by atoms with Gasteiger partial charge in [-0.1, -0.05) is 0 Å². The van der Waals surface area contributed by atoms with Crippen LogP contribution in [0.25, 0.3) is 11.0 Å². The van der Waals surface area contributed by atoms with E-state index in [0.717, 1.165) is 36.3 Å². The van der Waals surface area contributed by atoms with E-state index in [-0.39, 0.29) is 23.9 Å². The second-order valence-corrected chi connectivity index (χ2v) is 6.33. The number of carbonyl (C=O) groups is 1. The maximum atomic E-state index is 12.6. The molecule has 0 spiro atoms. The SMILES string of the molecule is Cc1nc2c(c(C)c1CC(=O)N(C)C1CCNC1)c(=O)[nH]n2C. The monoisotopic (exact) mass is 317 g/mol. The summed E-state index contributed by atoms with van der Waals surface area (Å²) >= 11 is 0. The summed E-state index contributed by atoms with van der Waals surface area (Å²) in [6, 6.07) is 0.250. The van der Waals surface area contributed by atoms with E-state index in [1.54, 1.807) is 11.7 Å². The largest absolute Gasteiger partial charge is 0.341 e. The lowest BCUT2D eigenvalue weighted by Gasteiger charge is -2.24. The van der Waals surface area contributed by atoms with E-state index in [2.05, 4.69) is 15.4 Å². The zero-order valence-corrected chi connectivity index (χ0v) is 14.1. The van der Waals surface area contributed by atoms with Gasteiger partial charge in [-0.3, -0.25) is 19.4 Å². The predicted octanol–water partition coefficient (Wildman–Crippen LogP) is 0.241. The van der Waals surface area contributed by atoms with Crippen LogP contribution in [0.5, 0.6) is 0 Å². The minimum Gasteiger partial charge on any atom is -0.341 e. The number of pyridine rings is 1. The Bertz CT molecular complexity index is 814. The lowest BCUT2D eigenvalue weighted by Crippen LogP contribution is -2.39. The molecular weight excluding hydrogens is 294 g/mol. The number of rotatable bonds is 3. The molecule has 3 heterocycles. The van der Waals surface area contributed by atoms with Crippen LogP contribution in [0.1, 0.15) is 23.2 Å². The maximum absolute atomic E-state index is 12.6. The number of hydrogen-bond donors (Lipinski definition) is 2. The van der Waals surface area contributed by atoms with Crippen molar-refractivity contribution in [3.05, 3.63) is 27.2 Å². The lowest BCUT2D eigenvalue weighted by molar-refractivity contribution is -0.130. The fraction of sp³-hybridized carbons (Fsp3) is 0.562. The third-order valence-corrected chi connectivity index (χ3v) is 4.88. The number of H-pyrrole nitrogens is 1. The first-order valence-corrected chi connectivity index (χ1v) is 7.91. The molecule has 1 saturated heterocycles. The van der Waals surface area contributed by atoms with Crippen LogP contribution in [0.2, 0.25) is 0 Å². The van der Waals surface area contributed by atoms with E-state index in [1.807, 2.05) is 25.8 Å². The van der Waals surface area contributed by atoms with Gasteiger partial charge in [0.15, 0.2) is 5.65 Å². The van der Waals surface area contributed by atoms with Gasteiger partial charge < -0.3 is 10.2 Å². The highest BCUT2D eigenvalue weighted by molar-refractivity contribution is 5.84. The van der Waals surface area contributed by atoms with Crippen molar-refractivity contribution in [3.8, 4) is 0 Å². The molecule has 0 radical (unpaired) electrons. The number of aromatic nitrogens is 3. The van der Waals surface area contributed by atoms with Gasteiger partial charge in [0.25, 0.3) is 5.56 Å². The summed E-state index contributed by atoms with van der Waals surface area (Å²) in [6.07, 6.45) is 1.26. The molecule has 3 rings (SSSR count). The van der Waals surface area contributed by atoms with Crippen LogP contribution in [0.4, 0.5) is 0 Å². The van der Waals surface area contributed by atoms with Gasteiger partial charge in [-0.25, -0.2) is 4.98 Å². The summed E-state index contributed by atoms with van der Waals surface area (Å²) in [7, 11) is 3.62. The molecule has 0 aromatic carbocycles. The van der Waals surface area contributed by atoms with Crippen LogP contribution in [-0.2, 0) is 18.3 Å². The molecule has 2 aromatic rings. The van der Waals surface area contributed by atoms with Crippen molar-refractivity contribution in [2.45, 2.75) is 32.7 Å². The summed E-state index contributed by atoms with van der Waals surface area (Å²) in [6.45, 7) is 5.58. The first-order valence-electron chi connectivity index (χ1n) is 7.91. The molecule has 2 aromatic heterocycles. The van der Waals surface area contributed by atoms with Gasteiger partial charge >= 0.3 is 0 Å². The summed E-state index contributed by atoms with van der Waals surface area (Å²) in [5.41, 5.74) is 2.98. The fourth-order valence-electron chi connectivity index (χ4n) is 3.36. The summed E-state index contributed by atoms with van der Waals surface area (Å²) in [5, 5.41) is 6.58. The molecule has 1 atom stereocenters. The Morgan fingerprint density at radius 3 is 2.83 bits per heavy atom. The molecule has 7 nitrogen and oxygen atoms in total. The number of carbonyl (C=O) groups excluding carboxylic acids is 1. The Hall–Kier alpha value is -2.15. The number of fused-ring (bicyclic) bond motifs is 1. The highest BCUT2D eigenvalue weighted by atomic mass is 16.2. The minimum atomic E-state index is -0.158. The van der Waals surface area contributed by atoms with Gasteiger partial charge in [-0.2, -0.15) is 0 Å². The number of hydrogen-bond acceptors (Lipinski definition) is 4. The van der Waals surface area contributed by atoms with E-state index >= 15 is 0 Å². The average Bonchev–Trinajstić information content (AvgIpc) is 3.11. The zero-order valence-electron chi connectivity index (χ0n) is 14.1. The molecular formula is C16H23N5O2. The van der Waals surface area contributed by atoms with E-state index in [4.69, 9.17) is 0 Å². The van der Waals surface area contributed by atoms with Gasteiger partial charge in [-0.05, 0) is 37.9 Å². The van der Waals surface area contributed by atoms with Crippen molar-refractivity contribution in [2.24, 2.45) is 7.05 Å². The van der Waals surface area contributed by atoms with Crippen LogP contribution in [0.3, 0.4) is 0 Å². The first-order chi connectivity index (χ1) is 10.9. The Morgan fingerprint density at radius 1 is 1.43 bits per heavy atom. The van der Waals surface area contributed by atoms with Crippen molar-refractivity contribution in [3.63, 3.8) is 0 Å². The molecule has 0 saturated carbocycles.